The largest absolute Gasteiger partial charge is 0.309 e. The first kappa shape index (κ1) is 22.9. The number of hydrogen-bond donors (Lipinski definition) is 0. The Kier molecular flexibility index (Phi) is 11.1. The molecule has 2 nitrogen and oxygen atoms in total. The van der Waals surface area contributed by atoms with Gasteiger partial charge in [0.05, 0.1) is 11.6 Å². The first-order valence-electron chi connectivity index (χ1n) is 9.86. The number of rotatable bonds is 8. The van der Waals surface area contributed by atoms with Gasteiger partial charge in [-0.15, -0.1) is 0 Å². The number of nitrogens with zero attached hydrogens (tertiary/aromatic N) is 2. The van der Waals surface area contributed by atoms with Gasteiger partial charge in [0.1, 0.15) is 5.82 Å². The fraction of sp³-hybridized carbons (Fsp3) is 0.458. The third kappa shape index (κ3) is 9.35. The first-order chi connectivity index (χ1) is 13.0. The second-order valence-corrected chi connectivity index (χ2v) is 7.27. The molecule has 146 valence electrons. The van der Waals surface area contributed by atoms with Crippen molar-refractivity contribution >= 4 is 0 Å². The number of nitriles is 1. The molecule has 1 unspecified atom stereocenters. The summed E-state index contributed by atoms with van der Waals surface area (Å²) in [6, 6.07) is 16.4. The van der Waals surface area contributed by atoms with Gasteiger partial charge in [-0.1, -0.05) is 44.5 Å². The number of hydrogen-bond acceptors (Lipinski definition) is 2. The highest BCUT2D eigenvalue weighted by Gasteiger charge is 2.11. The average molecular weight is 369 g/mol. The highest BCUT2D eigenvalue weighted by atomic mass is 19.1. The Hall–Kier alpha value is -2.18. The molecule has 0 spiro atoms. The summed E-state index contributed by atoms with van der Waals surface area (Å²) in [5.41, 5.74) is 3.61. The molecule has 0 radical (unpaired) electrons. The van der Waals surface area contributed by atoms with Crippen LogP contribution < -0.4 is 0 Å². The van der Waals surface area contributed by atoms with E-state index in [1.165, 1.54) is 48.9 Å². The fourth-order valence-electron chi connectivity index (χ4n) is 3.02. The van der Waals surface area contributed by atoms with Gasteiger partial charge >= 0.3 is 0 Å². The van der Waals surface area contributed by atoms with Crippen LogP contribution in [-0.2, 0) is 6.42 Å². The van der Waals surface area contributed by atoms with Crippen LogP contribution in [0.1, 0.15) is 62.1 Å². The summed E-state index contributed by atoms with van der Waals surface area (Å²) in [5, 5.41) is 9.06. The Morgan fingerprint density at radius 1 is 1.07 bits per heavy atom. The van der Waals surface area contributed by atoms with Gasteiger partial charge in [-0.2, -0.15) is 5.26 Å². The summed E-state index contributed by atoms with van der Waals surface area (Å²) in [5.74, 6) is 0.400. The van der Waals surface area contributed by atoms with Crippen LogP contribution in [-0.4, -0.2) is 25.5 Å². The molecule has 27 heavy (non-hydrogen) atoms. The van der Waals surface area contributed by atoms with E-state index < -0.39 is 0 Å². The molecule has 0 aromatic heterocycles. The Morgan fingerprint density at radius 3 is 2.30 bits per heavy atom. The van der Waals surface area contributed by atoms with Crippen molar-refractivity contribution in [2.24, 2.45) is 0 Å². The number of unbranched alkanes of at least 4 members (excludes halogenated alkanes) is 1. The number of halogens is 1. The zero-order valence-electron chi connectivity index (χ0n) is 17.2. The van der Waals surface area contributed by atoms with E-state index in [0.29, 0.717) is 5.92 Å². The summed E-state index contributed by atoms with van der Waals surface area (Å²) < 4.78 is 11.9. The van der Waals surface area contributed by atoms with Crippen LogP contribution in [0.4, 0.5) is 4.39 Å². The van der Waals surface area contributed by atoms with Gasteiger partial charge < -0.3 is 4.90 Å². The Balaban J connectivity index is 0.000000433. The van der Waals surface area contributed by atoms with E-state index in [0.717, 1.165) is 18.5 Å². The second kappa shape index (κ2) is 13.1. The molecule has 0 amide bonds. The molecule has 0 bridgehead atoms. The van der Waals surface area contributed by atoms with Crippen LogP contribution in [0.3, 0.4) is 0 Å². The molecule has 0 heterocycles. The lowest BCUT2D eigenvalue weighted by atomic mass is 9.89. The molecule has 0 aliphatic rings. The van der Waals surface area contributed by atoms with E-state index >= 15 is 0 Å². The Labute approximate surface area is 164 Å². The molecule has 2 aromatic rings. The zero-order valence-corrected chi connectivity index (χ0v) is 17.2. The lowest BCUT2D eigenvalue weighted by Gasteiger charge is -2.18. The van der Waals surface area contributed by atoms with Gasteiger partial charge in [0.15, 0.2) is 0 Å². The van der Waals surface area contributed by atoms with E-state index in [9.17, 15) is 4.39 Å². The van der Waals surface area contributed by atoms with Gasteiger partial charge in [0.2, 0.25) is 0 Å². The molecule has 0 aliphatic carbocycles. The first-order valence-corrected chi connectivity index (χ1v) is 9.86. The third-order valence-corrected chi connectivity index (χ3v) is 4.58. The molecule has 0 fully saturated rings. The minimum absolute atomic E-state index is 0.178. The quantitative estimate of drug-likeness (QED) is 0.557. The summed E-state index contributed by atoms with van der Waals surface area (Å²) in [7, 11) is 4.25. The normalized spacial score (nSPS) is 11.4. The maximum absolute atomic E-state index is 11.9. The van der Waals surface area contributed by atoms with Crippen LogP contribution in [0.15, 0.2) is 48.5 Å². The average Bonchev–Trinajstić information content (AvgIpc) is 2.66. The topological polar surface area (TPSA) is 27.0 Å². The van der Waals surface area contributed by atoms with Crippen molar-refractivity contribution in [1.82, 2.24) is 4.90 Å². The highest BCUT2D eigenvalue weighted by Crippen LogP contribution is 2.26. The molecular formula is C24H33FN2. The maximum atomic E-state index is 11.9. The zero-order chi connectivity index (χ0) is 20.1. The Morgan fingerprint density at radius 2 is 1.78 bits per heavy atom. The van der Waals surface area contributed by atoms with Gasteiger partial charge in [-0.05, 0) is 87.6 Å². The van der Waals surface area contributed by atoms with E-state index in [-0.39, 0.29) is 5.82 Å². The second-order valence-electron chi connectivity index (χ2n) is 7.27. The van der Waals surface area contributed by atoms with Gasteiger partial charge in [0.25, 0.3) is 0 Å². The summed E-state index contributed by atoms with van der Waals surface area (Å²) in [4.78, 5) is 2.24. The van der Waals surface area contributed by atoms with Gasteiger partial charge in [-0.3, -0.25) is 0 Å². The minimum Gasteiger partial charge on any atom is -0.309 e. The maximum Gasteiger partial charge on any atom is 0.123 e. The van der Waals surface area contributed by atoms with E-state index in [1.807, 2.05) is 6.07 Å². The SMILES string of the molecule is CCCCc1cc(C#N)ccc1C(C)CCCN(C)C.Fc1ccccc1. The summed E-state index contributed by atoms with van der Waals surface area (Å²) in [6.45, 7) is 5.67. The van der Waals surface area contributed by atoms with E-state index in [2.05, 4.69) is 51.0 Å². The van der Waals surface area contributed by atoms with Crippen molar-refractivity contribution in [3.63, 3.8) is 0 Å². The third-order valence-electron chi connectivity index (χ3n) is 4.58. The van der Waals surface area contributed by atoms with Crippen LogP contribution >= 0.6 is 0 Å². The van der Waals surface area contributed by atoms with Crippen LogP contribution in [0.5, 0.6) is 0 Å². The van der Waals surface area contributed by atoms with Crippen molar-refractivity contribution in [2.75, 3.05) is 20.6 Å². The van der Waals surface area contributed by atoms with Crippen molar-refractivity contribution in [3.05, 3.63) is 71.0 Å². The number of benzene rings is 2. The van der Waals surface area contributed by atoms with Gasteiger partial charge in [0, 0.05) is 0 Å². The highest BCUT2D eigenvalue weighted by molar-refractivity contribution is 5.39. The van der Waals surface area contributed by atoms with Crippen LogP contribution in [0.2, 0.25) is 0 Å². The predicted molar refractivity (Wildman–Crippen MR) is 112 cm³/mol. The monoisotopic (exact) mass is 368 g/mol. The van der Waals surface area contributed by atoms with Crippen LogP contribution in [0, 0.1) is 17.1 Å². The summed E-state index contributed by atoms with van der Waals surface area (Å²) >= 11 is 0. The van der Waals surface area contributed by atoms with E-state index in [1.54, 1.807) is 18.2 Å². The molecule has 1 atom stereocenters. The fourth-order valence-corrected chi connectivity index (χ4v) is 3.02. The van der Waals surface area contributed by atoms with Crippen LogP contribution in [0.25, 0.3) is 0 Å². The summed E-state index contributed by atoms with van der Waals surface area (Å²) in [6.07, 6.45) is 5.93. The molecule has 0 saturated heterocycles. The predicted octanol–water partition coefficient (Wildman–Crippen LogP) is 6.17. The molecule has 3 heteroatoms. The van der Waals surface area contributed by atoms with Gasteiger partial charge in [-0.25, -0.2) is 4.39 Å². The molecular weight excluding hydrogens is 335 g/mol. The minimum atomic E-state index is -0.178. The van der Waals surface area contributed by atoms with Crippen molar-refractivity contribution in [3.8, 4) is 6.07 Å². The lowest BCUT2D eigenvalue weighted by molar-refractivity contribution is 0.387. The molecule has 2 aromatic carbocycles. The molecule has 2 rings (SSSR count). The van der Waals surface area contributed by atoms with Crippen molar-refractivity contribution in [1.29, 1.82) is 5.26 Å². The standard InChI is InChI=1S/C18H28N2.C6H5F/c1-5-6-9-17-13-16(14-19)10-11-18(17)15(2)8-7-12-20(3)4;7-6-4-2-1-3-5-6/h10-11,13,15H,5-9,12H2,1-4H3;1-5H. The van der Waals surface area contributed by atoms with E-state index in [4.69, 9.17) is 5.26 Å². The molecule has 0 N–H and O–H groups in total. The smallest absolute Gasteiger partial charge is 0.123 e. The lowest BCUT2D eigenvalue weighted by Crippen LogP contribution is -2.13. The Bertz CT molecular complexity index is 689. The van der Waals surface area contributed by atoms with Crippen molar-refractivity contribution in [2.45, 2.75) is 51.9 Å². The number of aryl methyl sites for hydroxylation is 1. The van der Waals surface area contributed by atoms with Crippen molar-refractivity contribution < 1.29 is 4.39 Å². The molecule has 0 saturated carbocycles. The molecule has 0 aliphatic heterocycles.